The zero-order valence-corrected chi connectivity index (χ0v) is 18.7. The standard InChI is InChI=1S/C31H31N/c1-2-3-9-22-14-15-24-21-25(17-16-23(24)20-22)32-29-13-8-12-28-30(29)26-10-4-5-11-27(26)31(28)18-6-7-19-31/h2-5,8-12,15-17,20-22,29,32H,1,6-7,13-14,18-19H2/b9-3-. The van der Waals surface area contributed by atoms with E-state index in [1.54, 1.807) is 16.7 Å². The summed E-state index contributed by atoms with van der Waals surface area (Å²) in [5, 5.41) is 6.60. The lowest BCUT2D eigenvalue weighted by Gasteiger charge is -2.30. The van der Waals surface area contributed by atoms with Gasteiger partial charge < -0.3 is 5.32 Å². The molecule has 4 aliphatic carbocycles. The second-order valence-electron chi connectivity index (χ2n) is 9.73. The largest absolute Gasteiger partial charge is 0.378 e. The van der Waals surface area contributed by atoms with Crippen LogP contribution in [0.15, 0.2) is 85.0 Å². The first-order chi connectivity index (χ1) is 15.8. The minimum absolute atomic E-state index is 0.259. The third kappa shape index (κ3) is 3.06. The molecule has 2 aromatic carbocycles. The van der Waals surface area contributed by atoms with E-state index < -0.39 is 0 Å². The lowest BCUT2D eigenvalue weighted by Crippen LogP contribution is -2.30. The van der Waals surface area contributed by atoms with Crippen LogP contribution in [0, 0.1) is 5.92 Å². The first-order valence-corrected chi connectivity index (χ1v) is 12.2. The van der Waals surface area contributed by atoms with Crippen LogP contribution in [0.3, 0.4) is 0 Å². The van der Waals surface area contributed by atoms with Crippen molar-refractivity contribution >= 4 is 23.4 Å². The van der Waals surface area contributed by atoms with Gasteiger partial charge in [-0.05, 0) is 76.4 Å². The van der Waals surface area contributed by atoms with Crippen LogP contribution in [-0.4, -0.2) is 6.04 Å². The predicted molar refractivity (Wildman–Crippen MR) is 137 cm³/mol. The number of benzene rings is 2. The van der Waals surface area contributed by atoms with Crippen LogP contribution < -0.4 is 15.8 Å². The molecule has 2 aromatic rings. The van der Waals surface area contributed by atoms with Gasteiger partial charge in [0, 0.05) is 11.1 Å². The van der Waals surface area contributed by atoms with Gasteiger partial charge in [0.25, 0.3) is 0 Å². The summed E-state index contributed by atoms with van der Waals surface area (Å²) in [6, 6.07) is 16.4. The monoisotopic (exact) mass is 417 g/mol. The number of hydrogen-bond donors (Lipinski definition) is 1. The molecule has 0 amide bonds. The molecule has 0 heterocycles. The molecular weight excluding hydrogens is 386 g/mol. The molecule has 0 aliphatic heterocycles. The van der Waals surface area contributed by atoms with Crippen LogP contribution >= 0.6 is 0 Å². The summed E-state index contributed by atoms with van der Waals surface area (Å²) in [4.78, 5) is 0. The van der Waals surface area contributed by atoms with E-state index in [4.69, 9.17) is 0 Å². The summed E-state index contributed by atoms with van der Waals surface area (Å²) in [7, 11) is 0. The molecule has 1 saturated carbocycles. The smallest absolute Gasteiger partial charge is 0.0557 e. The van der Waals surface area contributed by atoms with Crippen LogP contribution in [0.4, 0.5) is 5.69 Å². The van der Waals surface area contributed by atoms with Crippen molar-refractivity contribution in [3.05, 3.63) is 107 Å². The number of hydrogen-bond acceptors (Lipinski definition) is 1. The molecule has 1 nitrogen and oxygen atoms in total. The first-order valence-electron chi connectivity index (χ1n) is 12.2. The van der Waals surface area contributed by atoms with Crippen molar-refractivity contribution in [3.63, 3.8) is 0 Å². The summed E-state index contributed by atoms with van der Waals surface area (Å²) in [5.41, 5.74) is 7.69. The minimum atomic E-state index is 0.259. The Bertz CT molecular complexity index is 1280. The van der Waals surface area contributed by atoms with Gasteiger partial charge in [-0.2, -0.15) is 0 Å². The Kier molecular flexibility index (Phi) is 4.79. The van der Waals surface area contributed by atoms with E-state index in [1.807, 2.05) is 12.2 Å². The number of anilines is 1. The Hall–Kier alpha value is -3.06. The van der Waals surface area contributed by atoms with Gasteiger partial charge in [-0.25, -0.2) is 0 Å². The van der Waals surface area contributed by atoms with Crippen molar-refractivity contribution in [2.45, 2.75) is 50.0 Å². The topological polar surface area (TPSA) is 12.0 Å². The van der Waals surface area contributed by atoms with Gasteiger partial charge >= 0.3 is 0 Å². The van der Waals surface area contributed by atoms with Crippen molar-refractivity contribution in [2.24, 2.45) is 5.92 Å². The van der Waals surface area contributed by atoms with E-state index in [9.17, 15) is 0 Å². The maximum Gasteiger partial charge on any atom is 0.0557 e. The molecule has 4 aliphatic rings. The van der Waals surface area contributed by atoms with Gasteiger partial charge in [0.15, 0.2) is 0 Å². The Balaban J connectivity index is 1.35. The summed E-state index contributed by atoms with van der Waals surface area (Å²) >= 11 is 0. The number of rotatable bonds is 4. The molecular formula is C31H31N. The van der Waals surface area contributed by atoms with Crippen molar-refractivity contribution in [1.82, 2.24) is 0 Å². The fraction of sp³-hybridized carbons (Fsp3) is 0.290. The molecule has 1 spiro atoms. The molecule has 160 valence electrons. The van der Waals surface area contributed by atoms with Crippen LogP contribution in [0.1, 0.15) is 49.7 Å². The zero-order chi connectivity index (χ0) is 21.5. The van der Waals surface area contributed by atoms with Crippen molar-refractivity contribution < 1.29 is 0 Å². The van der Waals surface area contributed by atoms with Gasteiger partial charge in [0.1, 0.15) is 0 Å². The maximum atomic E-state index is 3.92. The number of fused-ring (bicyclic) bond motifs is 5. The first kappa shape index (κ1) is 19.6. The Morgan fingerprint density at radius 1 is 1.00 bits per heavy atom. The number of allylic oxidation sites excluding steroid dienone is 5. The lowest BCUT2D eigenvalue weighted by atomic mass is 9.74. The van der Waals surface area contributed by atoms with E-state index in [0.29, 0.717) is 12.0 Å². The van der Waals surface area contributed by atoms with E-state index in [0.717, 1.165) is 12.8 Å². The molecule has 6 rings (SSSR count). The van der Waals surface area contributed by atoms with E-state index in [2.05, 4.69) is 84.7 Å². The quantitative estimate of drug-likeness (QED) is 0.599. The van der Waals surface area contributed by atoms with Gasteiger partial charge in [-0.3, -0.25) is 0 Å². The normalized spacial score (nSPS) is 24.6. The van der Waals surface area contributed by atoms with Crippen molar-refractivity contribution in [1.29, 1.82) is 0 Å². The van der Waals surface area contributed by atoms with Crippen LogP contribution in [0.2, 0.25) is 0 Å². The molecule has 32 heavy (non-hydrogen) atoms. The van der Waals surface area contributed by atoms with Gasteiger partial charge in [-0.15, -0.1) is 0 Å². The molecule has 0 saturated heterocycles. The summed E-state index contributed by atoms with van der Waals surface area (Å²) in [5.74, 6) is 0.466. The second-order valence-corrected chi connectivity index (χ2v) is 9.73. The lowest BCUT2D eigenvalue weighted by molar-refractivity contribution is 0.543. The molecule has 0 aromatic heterocycles. The fourth-order valence-electron chi connectivity index (χ4n) is 6.51. The second kappa shape index (κ2) is 7.81. The third-order valence-corrected chi connectivity index (χ3v) is 7.93. The molecule has 0 bridgehead atoms. The highest BCUT2D eigenvalue weighted by atomic mass is 14.9. The molecule has 0 radical (unpaired) electrons. The van der Waals surface area contributed by atoms with Crippen LogP contribution in [0.25, 0.3) is 17.7 Å². The highest BCUT2D eigenvalue weighted by Crippen LogP contribution is 2.57. The molecule has 1 heteroatoms. The zero-order valence-electron chi connectivity index (χ0n) is 18.7. The highest BCUT2D eigenvalue weighted by molar-refractivity contribution is 5.87. The van der Waals surface area contributed by atoms with E-state index in [-0.39, 0.29) is 5.41 Å². The van der Waals surface area contributed by atoms with Crippen LogP contribution in [0.5, 0.6) is 0 Å². The predicted octanol–water partition coefficient (Wildman–Crippen LogP) is 6.03. The molecule has 2 atom stereocenters. The maximum absolute atomic E-state index is 3.92. The molecule has 2 unspecified atom stereocenters. The van der Waals surface area contributed by atoms with E-state index >= 15 is 0 Å². The Morgan fingerprint density at radius 2 is 1.88 bits per heavy atom. The van der Waals surface area contributed by atoms with Crippen LogP contribution in [-0.2, 0) is 5.41 Å². The Morgan fingerprint density at radius 3 is 2.75 bits per heavy atom. The fourth-order valence-corrected chi connectivity index (χ4v) is 6.51. The van der Waals surface area contributed by atoms with Crippen molar-refractivity contribution in [3.8, 4) is 0 Å². The average Bonchev–Trinajstić information content (AvgIpc) is 3.43. The van der Waals surface area contributed by atoms with Gasteiger partial charge in [-0.1, -0.05) is 92.3 Å². The molecule has 1 N–H and O–H groups in total. The Labute approximate surface area is 191 Å². The summed E-state index contributed by atoms with van der Waals surface area (Å²) in [6.07, 6.45) is 23.1. The minimum Gasteiger partial charge on any atom is -0.378 e. The summed E-state index contributed by atoms with van der Waals surface area (Å²) in [6.45, 7) is 3.79. The number of nitrogens with one attached hydrogen (secondary N) is 1. The molecule has 1 fully saturated rings. The van der Waals surface area contributed by atoms with Gasteiger partial charge in [0.2, 0.25) is 0 Å². The van der Waals surface area contributed by atoms with Gasteiger partial charge in [0.05, 0.1) is 6.04 Å². The average molecular weight is 418 g/mol. The summed E-state index contributed by atoms with van der Waals surface area (Å²) < 4.78 is 0. The van der Waals surface area contributed by atoms with Crippen molar-refractivity contribution in [2.75, 3.05) is 5.32 Å². The van der Waals surface area contributed by atoms with E-state index in [1.165, 1.54) is 47.4 Å². The third-order valence-electron chi connectivity index (χ3n) is 7.93. The highest BCUT2D eigenvalue weighted by Gasteiger charge is 2.47. The SMILES string of the molecule is C=C/C=C\C1C=c2ccc(NC3CC=CC4=C3c3ccccc3C43CCCC3)cc2=CC1.